The van der Waals surface area contributed by atoms with Crippen LogP contribution in [0.4, 0.5) is 18.2 Å². The van der Waals surface area contributed by atoms with Crippen molar-refractivity contribution in [3.63, 3.8) is 0 Å². The van der Waals surface area contributed by atoms with Crippen molar-refractivity contribution in [2.24, 2.45) is 0 Å². The minimum Gasteiger partial charge on any atom is -0.372 e. The first kappa shape index (κ1) is 26.2. The number of nitrogens with zero attached hydrogens (tertiary/aromatic N) is 2. The van der Waals surface area contributed by atoms with Crippen molar-refractivity contribution in [1.82, 2.24) is 9.27 Å². The summed E-state index contributed by atoms with van der Waals surface area (Å²) in [7, 11) is 0. The number of anilines is 1. The molecular weight excluding hydrogens is 483 g/mol. The zero-order chi connectivity index (χ0) is 26.1. The van der Waals surface area contributed by atoms with E-state index in [-0.39, 0.29) is 11.3 Å². The first-order valence-electron chi connectivity index (χ1n) is 12.2. The Labute approximate surface area is 214 Å². The first-order chi connectivity index (χ1) is 16.9. The highest BCUT2D eigenvalue weighted by Gasteiger charge is 2.31. The summed E-state index contributed by atoms with van der Waals surface area (Å²) >= 11 is 1.29. The summed E-state index contributed by atoms with van der Waals surface area (Å²) < 4.78 is 44.0. The number of rotatable bonds is 8. The standard InChI is InChI=1S/C28H32F3N3OS/c1-18-24(25(36-33-18)32-23-12-13-23)26(35)34(17-20-8-10-21(11-9-20)27(2,3)4)15-14-19-6-5-7-22(16-19)28(29,30)31/h5-11,16,23,32H,12-15,17H2,1-4H3. The molecule has 1 aromatic heterocycles. The Kier molecular flexibility index (Phi) is 7.46. The highest BCUT2D eigenvalue weighted by Crippen LogP contribution is 2.33. The Morgan fingerprint density at radius 3 is 2.36 bits per heavy atom. The number of hydrogen-bond donors (Lipinski definition) is 1. The smallest absolute Gasteiger partial charge is 0.372 e. The van der Waals surface area contributed by atoms with Crippen molar-refractivity contribution >= 4 is 22.4 Å². The van der Waals surface area contributed by atoms with E-state index in [1.165, 1.54) is 23.2 Å². The maximum atomic E-state index is 13.8. The second-order valence-corrected chi connectivity index (χ2v) is 11.3. The molecular formula is C28H32F3N3OS. The van der Waals surface area contributed by atoms with Crippen LogP contribution in [-0.4, -0.2) is 27.8 Å². The molecule has 1 aliphatic rings. The maximum absolute atomic E-state index is 13.8. The van der Waals surface area contributed by atoms with Crippen LogP contribution >= 0.6 is 11.5 Å². The van der Waals surface area contributed by atoms with E-state index < -0.39 is 11.7 Å². The normalized spacial score (nSPS) is 14.1. The monoisotopic (exact) mass is 515 g/mol. The highest BCUT2D eigenvalue weighted by molar-refractivity contribution is 7.10. The van der Waals surface area contributed by atoms with Crippen molar-refractivity contribution < 1.29 is 18.0 Å². The third-order valence-corrected chi connectivity index (χ3v) is 7.26. The molecule has 2 aromatic carbocycles. The van der Waals surface area contributed by atoms with Gasteiger partial charge >= 0.3 is 6.18 Å². The van der Waals surface area contributed by atoms with Crippen LogP contribution < -0.4 is 5.32 Å². The molecule has 1 saturated carbocycles. The summed E-state index contributed by atoms with van der Waals surface area (Å²) in [6, 6.07) is 13.9. The zero-order valence-electron chi connectivity index (χ0n) is 21.1. The molecule has 4 rings (SSSR count). The molecule has 0 aliphatic heterocycles. The third kappa shape index (κ3) is 6.46. The van der Waals surface area contributed by atoms with Crippen LogP contribution in [0.1, 0.15) is 71.9 Å². The number of nitrogens with one attached hydrogen (secondary N) is 1. The molecule has 0 radical (unpaired) electrons. The molecule has 192 valence electrons. The fraction of sp³-hybridized carbons (Fsp3) is 0.429. The van der Waals surface area contributed by atoms with E-state index in [0.29, 0.717) is 42.4 Å². The molecule has 1 fully saturated rings. The number of carbonyl (C=O) groups excluding carboxylic acids is 1. The van der Waals surface area contributed by atoms with Gasteiger partial charge in [-0.2, -0.15) is 17.5 Å². The van der Waals surface area contributed by atoms with Crippen LogP contribution in [0.5, 0.6) is 0 Å². The molecule has 0 saturated heterocycles. The lowest BCUT2D eigenvalue weighted by atomic mass is 9.87. The van der Waals surface area contributed by atoms with E-state index in [0.717, 1.165) is 35.5 Å². The molecule has 0 atom stereocenters. The molecule has 1 N–H and O–H groups in total. The van der Waals surface area contributed by atoms with Crippen LogP contribution in [-0.2, 0) is 24.6 Å². The number of aryl methyl sites for hydroxylation is 1. The van der Waals surface area contributed by atoms with Crippen molar-refractivity contribution in [2.75, 3.05) is 11.9 Å². The number of amides is 1. The molecule has 0 unspecified atom stereocenters. The van der Waals surface area contributed by atoms with E-state index in [1.54, 1.807) is 11.0 Å². The van der Waals surface area contributed by atoms with E-state index in [1.807, 2.05) is 19.1 Å². The zero-order valence-corrected chi connectivity index (χ0v) is 21.9. The van der Waals surface area contributed by atoms with Crippen LogP contribution in [0.15, 0.2) is 48.5 Å². The van der Waals surface area contributed by atoms with Crippen molar-refractivity contribution in [3.05, 3.63) is 82.0 Å². The first-order valence-corrected chi connectivity index (χ1v) is 13.0. The Bertz CT molecular complexity index is 1210. The Hall–Kier alpha value is -2.87. The van der Waals surface area contributed by atoms with Gasteiger partial charge in [-0.1, -0.05) is 63.2 Å². The molecule has 8 heteroatoms. The fourth-order valence-electron chi connectivity index (χ4n) is 4.04. The topological polar surface area (TPSA) is 45.2 Å². The molecule has 36 heavy (non-hydrogen) atoms. The highest BCUT2D eigenvalue weighted by atomic mass is 32.1. The van der Waals surface area contributed by atoms with E-state index >= 15 is 0 Å². The molecule has 3 aromatic rings. The van der Waals surface area contributed by atoms with Crippen LogP contribution in [0.2, 0.25) is 0 Å². The quantitative estimate of drug-likeness (QED) is 0.344. The molecule has 0 bridgehead atoms. The molecule has 1 aliphatic carbocycles. The fourth-order valence-corrected chi connectivity index (χ4v) is 4.91. The van der Waals surface area contributed by atoms with Crippen molar-refractivity contribution in [3.8, 4) is 0 Å². The summed E-state index contributed by atoms with van der Waals surface area (Å²) in [5.74, 6) is -0.156. The van der Waals surface area contributed by atoms with Crippen LogP contribution in [0.25, 0.3) is 0 Å². The van der Waals surface area contributed by atoms with Gasteiger partial charge in [0.25, 0.3) is 5.91 Å². The number of benzene rings is 2. The second kappa shape index (κ2) is 10.2. The predicted molar refractivity (Wildman–Crippen MR) is 139 cm³/mol. The summed E-state index contributed by atoms with van der Waals surface area (Å²) in [5.41, 5.74) is 3.27. The van der Waals surface area contributed by atoms with E-state index in [2.05, 4.69) is 42.6 Å². The Morgan fingerprint density at radius 1 is 1.06 bits per heavy atom. The average molecular weight is 516 g/mol. The van der Waals surface area contributed by atoms with Gasteiger partial charge in [0.05, 0.1) is 16.8 Å². The SMILES string of the molecule is Cc1nsc(NC2CC2)c1C(=O)N(CCc1cccc(C(F)(F)F)c1)Cc1ccc(C(C)(C)C)cc1. The second-order valence-electron chi connectivity index (χ2n) is 10.5. The molecule has 4 nitrogen and oxygen atoms in total. The summed E-state index contributed by atoms with van der Waals surface area (Å²) in [4.78, 5) is 15.5. The molecule has 1 heterocycles. The Balaban J connectivity index is 1.59. The van der Waals surface area contributed by atoms with Gasteiger partial charge in [0.2, 0.25) is 0 Å². The predicted octanol–water partition coefficient (Wildman–Crippen LogP) is 7.23. The average Bonchev–Trinajstić information content (AvgIpc) is 3.56. The van der Waals surface area contributed by atoms with E-state index in [4.69, 9.17) is 0 Å². The van der Waals surface area contributed by atoms with Crippen molar-refractivity contribution in [1.29, 1.82) is 0 Å². The lowest BCUT2D eigenvalue weighted by Crippen LogP contribution is -2.33. The number of aromatic nitrogens is 1. The van der Waals surface area contributed by atoms with E-state index in [9.17, 15) is 18.0 Å². The van der Waals surface area contributed by atoms with Gasteiger partial charge in [-0.25, -0.2) is 0 Å². The van der Waals surface area contributed by atoms with Crippen molar-refractivity contribution in [2.45, 2.75) is 71.1 Å². The molecule has 0 spiro atoms. The maximum Gasteiger partial charge on any atom is 0.416 e. The lowest BCUT2D eigenvalue weighted by molar-refractivity contribution is -0.137. The van der Waals surface area contributed by atoms with Gasteiger partial charge in [0, 0.05) is 19.1 Å². The summed E-state index contributed by atoms with van der Waals surface area (Å²) in [6.07, 6.45) is -1.94. The minimum absolute atomic E-state index is 0.0143. The largest absolute Gasteiger partial charge is 0.416 e. The van der Waals surface area contributed by atoms with Gasteiger partial charge in [-0.05, 0) is 65.9 Å². The number of carbonyl (C=O) groups is 1. The van der Waals surface area contributed by atoms with Gasteiger partial charge in [0.1, 0.15) is 5.00 Å². The van der Waals surface area contributed by atoms with Gasteiger partial charge < -0.3 is 10.2 Å². The van der Waals surface area contributed by atoms with Crippen LogP contribution in [0, 0.1) is 6.92 Å². The number of halogens is 3. The van der Waals surface area contributed by atoms with Gasteiger partial charge in [-0.3, -0.25) is 4.79 Å². The Morgan fingerprint density at radius 2 is 1.75 bits per heavy atom. The molecule has 1 amide bonds. The number of alkyl halides is 3. The summed E-state index contributed by atoms with van der Waals surface area (Å²) in [5, 5.41) is 4.18. The number of hydrogen-bond acceptors (Lipinski definition) is 4. The lowest BCUT2D eigenvalue weighted by Gasteiger charge is -2.25. The van der Waals surface area contributed by atoms with Crippen LogP contribution in [0.3, 0.4) is 0 Å². The van der Waals surface area contributed by atoms with Gasteiger partial charge in [-0.15, -0.1) is 0 Å². The van der Waals surface area contributed by atoms with Gasteiger partial charge in [0.15, 0.2) is 0 Å². The summed E-state index contributed by atoms with van der Waals surface area (Å²) in [6.45, 7) is 8.92. The third-order valence-electron chi connectivity index (χ3n) is 6.39. The minimum atomic E-state index is -4.40.